The molecule has 0 radical (unpaired) electrons. The summed E-state index contributed by atoms with van der Waals surface area (Å²) in [4.78, 5) is 39.0. The van der Waals surface area contributed by atoms with Gasteiger partial charge in [-0.1, -0.05) is 25.8 Å². The highest BCUT2D eigenvalue weighted by molar-refractivity contribution is 6.05. The maximum Gasteiger partial charge on any atom is 0.360 e. The van der Waals surface area contributed by atoms with E-state index in [1.165, 1.54) is 18.6 Å². The van der Waals surface area contributed by atoms with Crippen molar-refractivity contribution in [3.05, 3.63) is 47.2 Å². The Hall–Kier alpha value is -3.11. The minimum Gasteiger partial charge on any atom is -0.478 e. The third-order valence-electron chi connectivity index (χ3n) is 4.38. The fourth-order valence-electron chi connectivity index (χ4n) is 3.04. The van der Waals surface area contributed by atoms with E-state index in [4.69, 9.17) is 5.11 Å². The lowest BCUT2D eigenvalue weighted by Crippen LogP contribution is -2.45. The first-order valence-corrected chi connectivity index (χ1v) is 8.97. The third kappa shape index (κ3) is 6.19. The number of amides is 1. The molecule has 1 aromatic rings. The molecule has 0 spiro atoms. The molecule has 0 fully saturated rings. The van der Waals surface area contributed by atoms with Crippen LogP contribution in [0, 0.1) is 5.82 Å². The molecule has 0 saturated carbocycles. The summed E-state index contributed by atoms with van der Waals surface area (Å²) in [6, 6.07) is 3.32. The molecule has 158 valence electrons. The molecule has 9 nitrogen and oxygen atoms in total. The van der Waals surface area contributed by atoms with Crippen molar-refractivity contribution in [1.82, 2.24) is 5.32 Å². The van der Waals surface area contributed by atoms with E-state index < -0.39 is 34.8 Å². The van der Waals surface area contributed by atoms with Gasteiger partial charge >= 0.3 is 11.9 Å². The number of carbonyl (C=O) groups excluding carboxylic acids is 1. The molecule has 0 saturated heterocycles. The highest BCUT2D eigenvalue weighted by Crippen LogP contribution is 2.19. The van der Waals surface area contributed by atoms with Gasteiger partial charge in [0.15, 0.2) is 18.7 Å². The monoisotopic (exact) mass is 410 g/mol. The van der Waals surface area contributed by atoms with Gasteiger partial charge in [-0.15, -0.1) is 0 Å². The molecule has 0 bridgehead atoms. The summed E-state index contributed by atoms with van der Waals surface area (Å²) in [6.45, 7) is 2.32. The van der Waals surface area contributed by atoms with Gasteiger partial charge < -0.3 is 21.0 Å². The SMILES string of the molecule is CCCCCC[N+]1(CC(=O)O)C=NC(NC(=O)c2c(F)cccc2C(=O)O)=C1.O. The molecule has 1 heterocycles. The van der Waals surface area contributed by atoms with Gasteiger partial charge in [0, 0.05) is 0 Å². The van der Waals surface area contributed by atoms with Gasteiger partial charge in [0.05, 0.1) is 17.7 Å². The van der Waals surface area contributed by atoms with E-state index in [0.717, 1.165) is 37.8 Å². The summed E-state index contributed by atoms with van der Waals surface area (Å²) in [5.74, 6) is -4.32. The van der Waals surface area contributed by atoms with Crippen LogP contribution in [0.25, 0.3) is 0 Å². The van der Waals surface area contributed by atoms with E-state index in [1.807, 2.05) is 0 Å². The first-order chi connectivity index (χ1) is 13.3. The predicted molar refractivity (Wildman–Crippen MR) is 103 cm³/mol. The van der Waals surface area contributed by atoms with Crippen LogP contribution in [0.1, 0.15) is 53.3 Å². The molecule has 1 atom stereocenters. The van der Waals surface area contributed by atoms with Crippen LogP contribution in [0.3, 0.4) is 0 Å². The largest absolute Gasteiger partial charge is 0.478 e. The number of quaternary nitrogens is 1. The Balaban J connectivity index is 0.00000420. The maximum atomic E-state index is 14.0. The van der Waals surface area contributed by atoms with E-state index in [-0.39, 0.29) is 22.3 Å². The summed E-state index contributed by atoms with van der Waals surface area (Å²) in [5.41, 5.74) is -1.07. The van der Waals surface area contributed by atoms with Gasteiger partial charge in [-0.05, 0) is 25.0 Å². The molecular formula is C19H25FN3O6+. The number of carbonyl (C=O) groups is 3. The topological polar surface area (TPSA) is 148 Å². The summed E-state index contributed by atoms with van der Waals surface area (Å²) in [7, 11) is 0. The standard InChI is InChI=1S/C19H22FN3O5.H2O/c1-2-3-4-5-9-23(11-16(24)25)10-15(21-12-23)22-18(26)17-13(19(27)28)7-6-8-14(17)20;/h6-8,10,12H,2-5,9,11H2,1H3,(H2-,22,24,25,26,27,28);1H2/p+1. The second kappa shape index (κ2) is 10.4. The van der Waals surface area contributed by atoms with Crippen LogP contribution in [0.2, 0.25) is 0 Å². The number of carboxylic acid groups (broad SMARTS) is 2. The van der Waals surface area contributed by atoms with Gasteiger partial charge in [-0.3, -0.25) is 4.79 Å². The first-order valence-electron chi connectivity index (χ1n) is 8.97. The van der Waals surface area contributed by atoms with Crippen LogP contribution < -0.4 is 5.32 Å². The van der Waals surface area contributed by atoms with Crippen LogP contribution in [0.15, 0.2) is 35.2 Å². The number of aliphatic carboxylic acids is 1. The Labute approximate surface area is 167 Å². The molecule has 2 rings (SSSR count). The number of aliphatic imine (C=N–C) groups is 1. The molecule has 1 aromatic carbocycles. The van der Waals surface area contributed by atoms with Crippen molar-refractivity contribution in [1.29, 1.82) is 0 Å². The van der Waals surface area contributed by atoms with Crippen molar-refractivity contribution >= 4 is 24.2 Å². The zero-order chi connectivity index (χ0) is 20.7. The number of carboxylic acids is 2. The predicted octanol–water partition coefficient (Wildman–Crippen LogP) is 1.75. The Kier molecular flexibility index (Phi) is 8.61. The number of nitrogens with zero attached hydrogens (tertiary/aromatic N) is 2. The van der Waals surface area contributed by atoms with Crippen LogP contribution in [-0.4, -0.2) is 57.4 Å². The number of hydrogen-bond acceptors (Lipinski definition) is 4. The molecule has 1 aliphatic rings. The Morgan fingerprint density at radius 2 is 1.90 bits per heavy atom. The van der Waals surface area contributed by atoms with E-state index in [2.05, 4.69) is 17.2 Å². The molecule has 29 heavy (non-hydrogen) atoms. The number of rotatable bonds is 10. The van der Waals surface area contributed by atoms with Crippen LogP contribution in [0.4, 0.5) is 4.39 Å². The van der Waals surface area contributed by atoms with Crippen molar-refractivity contribution in [2.24, 2.45) is 4.99 Å². The maximum absolute atomic E-state index is 14.0. The molecule has 10 heteroatoms. The smallest absolute Gasteiger partial charge is 0.360 e. The summed E-state index contributed by atoms with van der Waals surface area (Å²) in [5, 5.41) is 20.7. The lowest BCUT2D eigenvalue weighted by molar-refractivity contribution is -0.771. The molecule has 0 aromatic heterocycles. The van der Waals surface area contributed by atoms with Crippen LogP contribution >= 0.6 is 0 Å². The Morgan fingerprint density at radius 3 is 2.52 bits per heavy atom. The second-order valence-electron chi connectivity index (χ2n) is 6.62. The fourth-order valence-corrected chi connectivity index (χ4v) is 3.04. The zero-order valence-corrected chi connectivity index (χ0v) is 16.0. The van der Waals surface area contributed by atoms with Gasteiger partial charge in [-0.2, -0.15) is 4.99 Å². The number of halogens is 1. The minimum absolute atomic E-state index is 0. The summed E-state index contributed by atoms with van der Waals surface area (Å²) >= 11 is 0. The minimum atomic E-state index is -1.43. The first kappa shape index (κ1) is 23.9. The Morgan fingerprint density at radius 1 is 1.17 bits per heavy atom. The quantitative estimate of drug-likeness (QED) is 0.397. The van der Waals surface area contributed by atoms with Gasteiger partial charge in [-0.25, -0.2) is 18.5 Å². The van der Waals surface area contributed by atoms with E-state index in [0.29, 0.717) is 6.54 Å². The highest BCUT2D eigenvalue weighted by atomic mass is 19.1. The molecule has 5 N–H and O–H groups in total. The Bertz CT molecular complexity index is 839. The summed E-state index contributed by atoms with van der Waals surface area (Å²) < 4.78 is 14.0. The zero-order valence-electron chi connectivity index (χ0n) is 16.0. The van der Waals surface area contributed by atoms with Crippen LogP contribution in [0.5, 0.6) is 0 Å². The molecule has 1 aliphatic heterocycles. The number of aromatic carboxylic acids is 1. The van der Waals surface area contributed by atoms with Gasteiger partial charge in [0.2, 0.25) is 0 Å². The van der Waals surface area contributed by atoms with E-state index in [9.17, 15) is 23.9 Å². The second-order valence-corrected chi connectivity index (χ2v) is 6.62. The lowest BCUT2D eigenvalue weighted by Gasteiger charge is -2.25. The van der Waals surface area contributed by atoms with Gasteiger partial charge in [0.1, 0.15) is 12.0 Å². The fraction of sp³-hybridized carbons (Fsp3) is 0.368. The van der Waals surface area contributed by atoms with Crippen molar-refractivity contribution in [2.75, 3.05) is 13.1 Å². The normalized spacial score (nSPS) is 17.4. The number of nitrogens with one attached hydrogen (secondary N) is 1. The highest BCUT2D eigenvalue weighted by Gasteiger charge is 2.33. The molecular weight excluding hydrogens is 385 g/mol. The average molecular weight is 410 g/mol. The summed E-state index contributed by atoms with van der Waals surface area (Å²) in [6.07, 6.45) is 6.70. The van der Waals surface area contributed by atoms with Crippen molar-refractivity contribution in [3.8, 4) is 0 Å². The van der Waals surface area contributed by atoms with Crippen molar-refractivity contribution in [3.63, 3.8) is 0 Å². The van der Waals surface area contributed by atoms with Gasteiger partial charge in [0.25, 0.3) is 5.91 Å². The van der Waals surface area contributed by atoms with E-state index in [1.54, 1.807) is 0 Å². The third-order valence-corrected chi connectivity index (χ3v) is 4.38. The lowest BCUT2D eigenvalue weighted by atomic mass is 10.1. The van der Waals surface area contributed by atoms with E-state index >= 15 is 0 Å². The van der Waals surface area contributed by atoms with Crippen molar-refractivity contribution in [2.45, 2.75) is 32.6 Å². The molecule has 1 unspecified atom stereocenters. The number of benzene rings is 1. The molecule has 0 aliphatic carbocycles. The average Bonchev–Trinajstić information content (AvgIpc) is 3.00. The van der Waals surface area contributed by atoms with Crippen LogP contribution in [-0.2, 0) is 4.79 Å². The number of hydrogen-bond donors (Lipinski definition) is 3. The molecule has 1 amide bonds. The van der Waals surface area contributed by atoms with Crippen molar-refractivity contribution < 1.29 is 38.9 Å². The number of unbranched alkanes of at least 4 members (excludes halogenated alkanes) is 3.